The summed E-state index contributed by atoms with van der Waals surface area (Å²) in [5, 5.41) is 5.59. The van der Waals surface area contributed by atoms with Crippen LogP contribution in [0.3, 0.4) is 0 Å². The quantitative estimate of drug-likeness (QED) is 0.508. The fourth-order valence-electron chi connectivity index (χ4n) is 2.26. The van der Waals surface area contributed by atoms with E-state index in [1.165, 1.54) is 0 Å². The van der Waals surface area contributed by atoms with Crippen molar-refractivity contribution in [2.75, 3.05) is 30.8 Å². The molecule has 2 rings (SSSR count). The van der Waals surface area contributed by atoms with Crippen LogP contribution >= 0.6 is 0 Å². The predicted molar refractivity (Wildman–Crippen MR) is 98.7 cm³/mol. The lowest BCUT2D eigenvalue weighted by Gasteiger charge is -2.09. The van der Waals surface area contributed by atoms with Crippen molar-refractivity contribution in [1.29, 1.82) is 0 Å². The number of hydrogen-bond donors (Lipinski definition) is 3. The van der Waals surface area contributed by atoms with Crippen LogP contribution in [0.25, 0.3) is 0 Å². The molecule has 0 atom stereocenters. The molecule has 2 aromatic rings. The molecule has 0 saturated carbocycles. The van der Waals surface area contributed by atoms with E-state index in [1.807, 2.05) is 6.92 Å². The number of anilines is 2. The average Bonchev–Trinajstić information content (AvgIpc) is 2.62. The van der Waals surface area contributed by atoms with E-state index in [4.69, 9.17) is 10.5 Å². The first-order valence-corrected chi connectivity index (χ1v) is 8.23. The smallest absolute Gasteiger partial charge is 0.257 e. The minimum absolute atomic E-state index is 0.188. The summed E-state index contributed by atoms with van der Waals surface area (Å²) in [6.45, 7) is 3.75. The van der Waals surface area contributed by atoms with E-state index in [0.717, 1.165) is 6.42 Å². The van der Waals surface area contributed by atoms with Gasteiger partial charge in [0.1, 0.15) is 0 Å². The Hall–Kier alpha value is -2.86. The van der Waals surface area contributed by atoms with Gasteiger partial charge in [0, 0.05) is 36.7 Å². The molecule has 0 saturated heterocycles. The fraction of sp³-hybridized carbons (Fsp3) is 0.263. The monoisotopic (exact) mass is 341 g/mol. The van der Waals surface area contributed by atoms with Crippen LogP contribution in [0.1, 0.15) is 34.1 Å². The van der Waals surface area contributed by atoms with E-state index in [2.05, 4.69) is 10.6 Å². The minimum atomic E-state index is -0.313. The van der Waals surface area contributed by atoms with E-state index in [9.17, 15) is 9.59 Å². The predicted octanol–water partition coefficient (Wildman–Crippen LogP) is 2.68. The van der Waals surface area contributed by atoms with E-state index >= 15 is 0 Å². The number of nitrogens with two attached hydrogens (primary N) is 1. The number of amides is 2. The van der Waals surface area contributed by atoms with Gasteiger partial charge in [0.05, 0.1) is 5.56 Å². The van der Waals surface area contributed by atoms with Gasteiger partial charge in [-0.15, -0.1) is 0 Å². The molecule has 6 nitrogen and oxygen atoms in total. The topological polar surface area (TPSA) is 93.5 Å². The molecule has 0 heterocycles. The highest BCUT2D eigenvalue weighted by molar-refractivity contribution is 6.08. The van der Waals surface area contributed by atoms with Crippen LogP contribution < -0.4 is 16.4 Å². The first-order valence-electron chi connectivity index (χ1n) is 8.23. The SMILES string of the molecule is CCOCCCNC(=O)c1cccc(NC(=O)c2ccccc2N)c1. The number of ether oxygens (including phenoxy) is 1. The zero-order valence-corrected chi connectivity index (χ0v) is 14.2. The number of benzene rings is 2. The van der Waals surface area contributed by atoms with Crippen LogP contribution in [-0.2, 0) is 4.74 Å². The zero-order valence-electron chi connectivity index (χ0n) is 14.2. The first-order chi connectivity index (χ1) is 12.1. The van der Waals surface area contributed by atoms with Gasteiger partial charge in [-0.3, -0.25) is 9.59 Å². The molecule has 6 heteroatoms. The standard InChI is InChI=1S/C19H23N3O3/c1-2-25-12-6-11-21-18(23)14-7-5-8-15(13-14)22-19(24)16-9-3-4-10-17(16)20/h3-5,7-10,13H,2,6,11-12,20H2,1H3,(H,21,23)(H,22,24). The number of para-hydroxylation sites is 1. The van der Waals surface area contributed by atoms with E-state index < -0.39 is 0 Å². The van der Waals surface area contributed by atoms with Crippen molar-refractivity contribution in [1.82, 2.24) is 5.32 Å². The second kappa shape index (κ2) is 9.44. The van der Waals surface area contributed by atoms with Gasteiger partial charge >= 0.3 is 0 Å². The third-order valence-electron chi connectivity index (χ3n) is 3.54. The number of carbonyl (C=O) groups excluding carboxylic acids is 2. The summed E-state index contributed by atoms with van der Waals surface area (Å²) >= 11 is 0. The van der Waals surface area contributed by atoms with Gasteiger partial charge in [-0.2, -0.15) is 0 Å². The number of carbonyl (C=O) groups is 2. The Morgan fingerprint density at radius 1 is 1.08 bits per heavy atom. The van der Waals surface area contributed by atoms with Crippen LogP contribution in [0.15, 0.2) is 48.5 Å². The molecular formula is C19H23N3O3. The molecule has 0 aliphatic carbocycles. The first kappa shape index (κ1) is 18.5. The van der Waals surface area contributed by atoms with Gasteiger partial charge < -0.3 is 21.1 Å². The second-order valence-corrected chi connectivity index (χ2v) is 5.43. The van der Waals surface area contributed by atoms with Crippen molar-refractivity contribution in [2.45, 2.75) is 13.3 Å². The van der Waals surface area contributed by atoms with E-state index in [-0.39, 0.29) is 11.8 Å². The lowest BCUT2D eigenvalue weighted by molar-refractivity contribution is 0.0943. The summed E-state index contributed by atoms with van der Waals surface area (Å²) in [6, 6.07) is 13.6. The van der Waals surface area contributed by atoms with Crippen molar-refractivity contribution in [3.05, 3.63) is 59.7 Å². The van der Waals surface area contributed by atoms with Crippen LogP contribution in [0.5, 0.6) is 0 Å². The molecule has 0 aliphatic rings. The molecule has 0 spiro atoms. The van der Waals surface area contributed by atoms with Gasteiger partial charge in [-0.05, 0) is 43.7 Å². The van der Waals surface area contributed by atoms with Crippen molar-refractivity contribution >= 4 is 23.2 Å². The lowest BCUT2D eigenvalue weighted by Crippen LogP contribution is -2.25. The van der Waals surface area contributed by atoms with Crippen molar-refractivity contribution in [3.8, 4) is 0 Å². The van der Waals surface area contributed by atoms with Crippen LogP contribution in [0.2, 0.25) is 0 Å². The molecule has 25 heavy (non-hydrogen) atoms. The number of rotatable bonds is 8. The summed E-state index contributed by atoms with van der Waals surface area (Å²) in [4.78, 5) is 24.4. The Kier molecular flexibility index (Phi) is 6.98. The highest BCUT2D eigenvalue weighted by atomic mass is 16.5. The van der Waals surface area contributed by atoms with E-state index in [0.29, 0.717) is 42.3 Å². The number of nitrogen functional groups attached to an aromatic ring is 1. The molecule has 0 bridgehead atoms. The molecule has 4 N–H and O–H groups in total. The van der Waals surface area contributed by atoms with Gasteiger partial charge in [-0.25, -0.2) is 0 Å². The molecule has 0 radical (unpaired) electrons. The summed E-state index contributed by atoms with van der Waals surface area (Å²) in [5.74, 6) is -0.501. The molecule has 0 aliphatic heterocycles. The third-order valence-corrected chi connectivity index (χ3v) is 3.54. The molecule has 0 fully saturated rings. The summed E-state index contributed by atoms with van der Waals surface area (Å²) in [7, 11) is 0. The Morgan fingerprint density at radius 3 is 2.64 bits per heavy atom. The van der Waals surface area contributed by atoms with Crippen LogP contribution in [0, 0.1) is 0 Å². The molecular weight excluding hydrogens is 318 g/mol. The highest BCUT2D eigenvalue weighted by Crippen LogP contribution is 2.15. The molecule has 2 aromatic carbocycles. The lowest BCUT2D eigenvalue weighted by atomic mass is 10.1. The molecule has 0 aromatic heterocycles. The van der Waals surface area contributed by atoms with Gasteiger partial charge in [0.25, 0.3) is 11.8 Å². The largest absolute Gasteiger partial charge is 0.398 e. The van der Waals surface area contributed by atoms with Crippen LogP contribution in [0.4, 0.5) is 11.4 Å². The highest BCUT2D eigenvalue weighted by Gasteiger charge is 2.11. The summed E-state index contributed by atoms with van der Waals surface area (Å²) < 4.78 is 5.23. The van der Waals surface area contributed by atoms with Crippen LogP contribution in [-0.4, -0.2) is 31.6 Å². The Labute approximate surface area is 147 Å². The Morgan fingerprint density at radius 2 is 1.88 bits per heavy atom. The number of hydrogen-bond acceptors (Lipinski definition) is 4. The maximum Gasteiger partial charge on any atom is 0.257 e. The second-order valence-electron chi connectivity index (χ2n) is 5.43. The molecule has 132 valence electrons. The van der Waals surface area contributed by atoms with Gasteiger partial charge in [-0.1, -0.05) is 18.2 Å². The third kappa shape index (κ3) is 5.61. The van der Waals surface area contributed by atoms with Crippen molar-refractivity contribution in [3.63, 3.8) is 0 Å². The molecule has 0 unspecified atom stereocenters. The average molecular weight is 341 g/mol. The molecule has 2 amide bonds. The van der Waals surface area contributed by atoms with Gasteiger partial charge in [0.2, 0.25) is 0 Å². The zero-order chi connectivity index (χ0) is 18.1. The van der Waals surface area contributed by atoms with Crippen molar-refractivity contribution in [2.24, 2.45) is 0 Å². The summed E-state index contributed by atoms with van der Waals surface area (Å²) in [6.07, 6.45) is 0.753. The Bertz CT molecular complexity index is 731. The summed E-state index contributed by atoms with van der Waals surface area (Å²) in [5.41, 5.74) is 7.63. The fourth-order valence-corrected chi connectivity index (χ4v) is 2.26. The van der Waals surface area contributed by atoms with Crippen molar-refractivity contribution < 1.29 is 14.3 Å². The maximum absolute atomic E-state index is 12.3. The minimum Gasteiger partial charge on any atom is -0.398 e. The maximum atomic E-state index is 12.3. The normalized spacial score (nSPS) is 10.3. The van der Waals surface area contributed by atoms with Gasteiger partial charge in [0.15, 0.2) is 0 Å². The Balaban J connectivity index is 1.95. The van der Waals surface area contributed by atoms with E-state index in [1.54, 1.807) is 48.5 Å². The number of nitrogens with one attached hydrogen (secondary N) is 2.